The number of nitrogens with zero attached hydrogens (tertiary/aromatic N) is 1. The number of hydrazine groups is 1. The van der Waals surface area contributed by atoms with Gasteiger partial charge in [0.15, 0.2) is 6.61 Å². The van der Waals surface area contributed by atoms with E-state index in [0.717, 1.165) is 47.3 Å². The van der Waals surface area contributed by atoms with E-state index in [1.807, 2.05) is 78.9 Å². The molecule has 4 rings (SSSR count). The lowest BCUT2D eigenvalue weighted by atomic mass is 9.86. The predicted molar refractivity (Wildman–Crippen MR) is 128 cm³/mol. The minimum absolute atomic E-state index is 0.124. The number of amides is 1. The Balaban J connectivity index is 1.51. The van der Waals surface area contributed by atoms with Gasteiger partial charge in [0.2, 0.25) is 5.91 Å². The van der Waals surface area contributed by atoms with Crippen molar-refractivity contribution in [3.05, 3.63) is 96.1 Å². The zero-order valence-electron chi connectivity index (χ0n) is 18.2. The van der Waals surface area contributed by atoms with Crippen LogP contribution in [0.3, 0.4) is 0 Å². The molecule has 0 heterocycles. The van der Waals surface area contributed by atoms with Gasteiger partial charge in [-0.2, -0.15) is 0 Å². The maximum absolute atomic E-state index is 12.9. The molecule has 168 valence electrons. The van der Waals surface area contributed by atoms with Crippen LogP contribution in [-0.4, -0.2) is 23.6 Å². The number of fused-ring (bicyclic) bond motifs is 1. The Morgan fingerprint density at radius 2 is 1.58 bits per heavy atom. The minimum atomic E-state index is -1.00. The molecular formula is C27H26N2O4. The van der Waals surface area contributed by atoms with E-state index in [0.29, 0.717) is 5.75 Å². The number of para-hydroxylation sites is 2. The van der Waals surface area contributed by atoms with E-state index in [1.165, 1.54) is 0 Å². The Morgan fingerprint density at radius 1 is 0.909 bits per heavy atom. The number of allylic oxidation sites excluding steroid dienone is 1. The number of carbonyl (C=O) groups is 2. The van der Waals surface area contributed by atoms with Crippen molar-refractivity contribution in [2.45, 2.75) is 25.7 Å². The summed E-state index contributed by atoms with van der Waals surface area (Å²) in [6.45, 7) is -0.368. The number of ether oxygens (including phenoxy) is 1. The fourth-order valence-electron chi connectivity index (χ4n) is 4.02. The number of carboxylic acid groups (broad SMARTS) is 1. The molecule has 0 saturated heterocycles. The van der Waals surface area contributed by atoms with Gasteiger partial charge in [0.05, 0.1) is 11.4 Å². The van der Waals surface area contributed by atoms with Crippen molar-refractivity contribution in [2.24, 2.45) is 0 Å². The van der Waals surface area contributed by atoms with Gasteiger partial charge in [-0.25, -0.2) is 4.79 Å². The van der Waals surface area contributed by atoms with Crippen molar-refractivity contribution < 1.29 is 19.4 Å². The van der Waals surface area contributed by atoms with Crippen LogP contribution in [0.25, 0.3) is 5.57 Å². The van der Waals surface area contributed by atoms with Gasteiger partial charge in [0.1, 0.15) is 5.75 Å². The SMILES string of the molecule is O=C(O)COc1cccc2c1CCCC2=CCC(=O)NN(c1ccccc1)c1ccccc1. The first-order valence-corrected chi connectivity index (χ1v) is 11.0. The van der Waals surface area contributed by atoms with Crippen molar-refractivity contribution in [3.63, 3.8) is 0 Å². The maximum atomic E-state index is 12.9. The van der Waals surface area contributed by atoms with Crippen molar-refractivity contribution in [3.8, 4) is 5.75 Å². The maximum Gasteiger partial charge on any atom is 0.341 e. The number of benzene rings is 3. The highest BCUT2D eigenvalue weighted by Crippen LogP contribution is 2.36. The molecule has 0 fully saturated rings. The predicted octanol–water partition coefficient (Wildman–Crippen LogP) is 5.13. The zero-order valence-corrected chi connectivity index (χ0v) is 18.2. The van der Waals surface area contributed by atoms with Gasteiger partial charge in [-0.05, 0) is 60.7 Å². The molecule has 0 unspecified atom stereocenters. The minimum Gasteiger partial charge on any atom is -0.482 e. The molecule has 0 spiro atoms. The summed E-state index contributed by atoms with van der Waals surface area (Å²) in [4.78, 5) is 23.8. The van der Waals surface area contributed by atoms with E-state index >= 15 is 0 Å². The van der Waals surface area contributed by atoms with E-state index in [2.05, 4.69) is 5.43 Å². The molecule has 1 aliphatic rings. The Bertz CT molecular complexity index is 1100. The first-order chi connectivity index (χ1) is 16.1. The van der Waals surface area contributed by atoms with Gasteiger partial charge >= 0.3 is 5.97 Å². The average molecular weight is 443 g/mol. The molecule has 0 atom stereocenters. The largest absolute Gasteiger partial charge is 0.482 e. The summed E-state index contributed by atoms with van der Waals surface area (Å²) in [5, 5.41) is 10.7. The van der Waals surface area contributed by atoms with Crippen LogP contribution in [0.5, 0.6) is 5.75 Å². The number of rotatable bonds is 8. The van der Waals surface area contributed by atoms with Crippen LogP contribution in [0.1, 0.15) is 30.4 Å². The molecule has 3 aromatic rings. The molecule has 1 aliphatic carbocycles. The van der Waals surface area contributed by atoms with Gasteiger partial charge in [0.25, 0.3) is 0 Å². The van der Waals surface area contributed by atoms with Gasteiger partial charge < -0.3 is 9.84 Å². The normalized spacial score (nSPS) is 13.8. The number of hydrogen-bond acceptors (Lipinski definition) is 4. The van der Waals surface area contributed by atoms with Crippen LogP contribution in [0.4, 0.5) is 11.4 Å². The molecule has 0 aliphatic heterocycles. The van der Waals surface area contributed by atoms with Crippen molar-refractivity contribution in [1.29, 1.82) is 0 Å². The summed E-state index contributed by atoms with van der Waals surface area (Å²) in [6, 6.07) is 25.1. The lowest BCUT2D eigenvalue weighted by Crippen LogP contribution is -2.38. The summed E-state index contributed by atoms with van der Waals surface area (Å²) in [7, 11) is 0. The number of nitrogens with one attached hydrogen (secondary N) is 1. The molecule has 0 bridgehead atoms. The number of carboxylic acids is 1. The first kappa shape index (κ1) is 22.1. The van der Waals surface area contributed by atoms with Gasteiger partial charge in [0, 0.05) is 12.0 Å². The zero-order chi connectivity index (χ0) is 23.0. The highest BCUT2D eigenvalue weighted by atomic mass is 16.5. The molecule has 3 aromatic carbocycles. The van der Waals surface area contributed by atoms with E-state index in [1.54, 1.807) is 11.1 Å². The molecule has 0 saturated carbocycles. The van der Waals surface area contributed by atoms with Crippen molar-refractivity contribution in [1.82, 2.24) is 5.43 Å². The summed E-state index contributed by atoms with van der Waals surface area (Å²) in [6.07, 6.45) is 4.80. The van der Waals surface area contributed by atoms with Gasteiger partial charge in [-0.15, -0.1) is 0 Å². The number of anilines is 2. The topological polar surface area (TPSA) is 78.9 Å². The summed E-state index contributed by atoms with van der Waals surface area (Å²) >= 11 is 0. The van der Waals surface area contributed by atoms with Crippen molar-refractivity contribution >= 4 is 28.8 Å². The molecule has 0 aromatic heterocycles. The van der Waals surface area contributed by atoms with Crippen molar-refractivity contribution in [2.75, 3.05) is 11.6 Å². The lowest BCUT2D eigenvalue weighted by molar-refractivity contribution is -0.139. The fraction of sp³-hybridized carbons (Fsp3) is 0.185. The summed E-state index contributed by atoms with van der Waals surface area (Å²) in [5.41, 5.74) is 7.87. The van der Waals surface area contributed by atoms with Crippen LogP contribution < -0.4 is 15.2 Å². The molecule has 1 amide bonds. The monoisotopic (exact) mass is 442 g/mol. The molecule has 6 heteroatoms. The summed E-state index contributed by atoms with van der Waals surface area (Å²) in [5.74, 6) is -0.526. The lowest BCUT2D eigenvalue weighted by Gasteiger charge is -2.25. The first-order valence-electron chi connectivity index (χ1n) is 11.0. The highest BCUT2D eigenvalue weighted by molar-refractivity contribution is 5.84. The molecule has 6 nitrogen and oxygen atoms in total. The van der Waals surface area contributed by atoms with Crippen LogP contribution in [0, 0.1) is 0 Å². The third-order valence-electron chi connectivity index (χ3n) is 5.50. The second-order valence-corrected chi connectivity index (χ2v) is 7.79. The van der Waals surface area contributed by atoms with Crippen LogP contribution >= 0.6 is 0 Å². The Kier molecular flexibility index (Phi) is 7.05. The number of hydrogen-bond donors (Lipinski definition) is 2. The Morgan fingerprint density at radius 3 is 2.21 bits per heavy atom. The highest BCUT2D eigenvalue weighted by Gasteiger charge is 2.19. The number of carbonyl (C=O) groups excluding carboxylic acids is 1. The van der Waals surface area contributed by atoms with Gasteiger partial charge in [-0.1, -0.05) is 54.6 Å². The second-order valence-electron chi connectivity index (χ2n) is 7.79. The Labute approximate surface area is 193 Å². The number of aliphatic carboxylic acids is 1. The van der Waals surface area contributed by atoms with Crippen LogP contribution in [0.15, 0.2) is 84.9 Å². The fourth-order valence-corrected chi connectivity index (χ4v) is 4.02. The van der Waals surface area contributed by atoms with E-state index in [9.17, 15) is 9.59 Å². The van der Waals surface area contributed by atoms with E-state index in [-0.39, 0.29) is 18.9 Å². The quantitative estimate of drug-likeness (QED) is 0.473. The smallest absolute Gasteiger partial charge is 0.341 e. The molecular weight excluding hydrogens is 416 g/mol. The van der Waals surface area contributed by atoms with E-state index in [4.69, 9.17) is 9.84 Å². The molecule has 33 heavy (non-hydrogen) atoms. The average Bonchev–Trinajstić information content (AvgIpc) is 2.85. The van der Waals surface area contributed by atoms with Crippen LogP contribution in [-0.2, 0) is 16.0 Å². The van der Waals surface area contributed by atoms with Gasteiger partial charge in [-0.3, -0.25) is 15.2 Å². The Hall–Kier alpha value is -4.06. The van der Waals surface area contributed by atoms with E-state index < -0.39 is 5.97 Å². The van der Waals surface area contributed by atoms with Crippen LogP contribution in [0.2, 0.25) is 0 Å². The molecule has 0 radical (unpaired) electrons. The molecule has 2 N–H and O–H groups in total. The third-order valence-corrected chi connectivity index (χ3v) is 5.50. The summed E-state index contributed by atoms with van der Waals surface area (Å²) < 4.78 is 5.48. The standard InChI is InChI=1S/C27H26N2O4/c30-26(28-29(21-10-3-1-4-11-21)22-12-5-2-6-13-22)18-17-20-9-7-15-24-23(20)14-8-16-25(24)33-19-27(31)32/h1-6,8,10-14,16-17H,7,9,15,18-19H2,(H,28,30)(H,31,32). The third kappa shape index (κ3) is 5.60. The second kappa shape index (κ2) is 10.5.